The molecule has 2 N–H and O–H groups in total. The maximum Gasteiger partial charge on any atom is 0.191 e. The lowest BCUT2D eigenvalue weighted by Gasteiger charge is -2.33. The molecule has 3 rings (SSSR count). The summed E-state index contributed by atoms with van der Waals surface area (Å²) in [5.74, 6) is 1.59. The Morgan fingerprint density at radius 3 is 2.62 bits per heavy atom. The van der Waals surface area contributed by atoms with Gasteiger partial charge in [-0.15, -0.1) is 0 Å². The lowest BCUT2D eigenvalue weighted by atomic mass is 10.1. The number of anilines is 1. The molecule has 0 radical (unpaired) electrons. The molecule has 1 fully saturated rings. The van der Waals surface area contributed by atoms with Gasteiger partial charge >= 0.3 is 0 Å². The summed E-state index contributed by atoms with van der Waals surface area (Å²) in [6.45, 7) is 9.87. The molecule has 1 aliphatic rings. The molecule has 0 aliphatic carbocycles. The molecule has 6 nitrogen and oxygen atoms in total. The first-order valence-corrected chi connectivity index (χ1v) is 10.2. The number of hydrogen-bond donors (Lipinski definition) is 2. The van der Waals surface area contributed by atoms with E-state index in [9.17, 15) is 4.39 Å². The van der Waals surface area contributed by atoms with Gasteiger partial charge in [-0.05, 0) is 55.8 Å². The Bertz CT molecular complexity index is 830. The van der Waals surface area contributed by atoms with Crippen LogP contribution in [0.3, 0.4) is 0 Å². The molecule has 0 atom stereocenters. The molecule has 0 bridgehead atoms. The van der Waals surface area contributed by atoms with Gasteiger partial charge < -0.3 is 20.4 Å². The molecule has 0 saturated carbocycles. The lowest BCUT2D eigenvalue weighted by Crippen LogP contribution is -2.44. The normalized spacial score (nSPS) is 15.4. The predicted octanol–water partition coefficient (Wildman–Crippen LogP) is 2.54. The van der Waals surface area contributed by atoms with E-state index in [0.717, 1.165) is 55.6 Å². The third-order valence-electron chi connectivity index (χ3n) is 5.08. The van der Waals surface area contributed by atoms with Gasteiger partial charge in [0.05, 0.1) is 6.54 Å². The van der Waals surface area contributed by atoms with Gasteiger partial charge in [0.15, 0.2) is 5.96 Å². The predicted molar refractivity (Wildman–Crippen MR) is 117 cm³/mol. The van der Waals surface area contributed by atoms with Crippen molar-refractivity contribution >= 4 is 11.8 Å². The van der Waals surface area contributed by atoms with E-state index in [0.29, 0.717) is 18.7 Å². The minimum Gasteiger partial charge on any atom is -0.357 e. The van der Waals surface area contributed by atoms with E-state index in [-0.39, 0.29) is 5.82 Å². The van der Waals surface area contributed by atoms with Crippen molar-refractivity contribution in [2.45, 2.75) is 26.9 Å². The number of rotatable bonds is 6. The standard InChI is InChI=1S/C22H31FN6/c1-4-24-22(26-15-18-5-6-20(23)17(2)13-18)27-16-19-7-8-25-21(14-19)29-11-9-28(3)10-12-29/h5-8,13-14H,4,9-12,15-16H2,1-3H3,(H2,24,26,27). The average Bonchev–Trinajstić information content (AvgIpc) is 2.73. The minimum atomic E-state index is -0.184. The highest BCUT2D eigenvalue weighted by molar-refractivity contribution is 5.79. The number of likely N-dealkylation sites (N-methyl/N-ethyl adjacent to an activating group) is 1. The van der Waals surface area contributed by atoms with Gasteiger partial charge in [0.1, 0.15) is 11.6 Å². The van der Waals surface area contributed by atoms with Crippen LogP contribution in [0.5, 0.6) is 0 Å². The van der Waals surface area contributed by atoms with Crippen LogP contribution in [0.25, 0.3) is 0 Å². The maximum absolute atomic E-state index is 13.4. The summed E-state index contributed by atoms with van der Waals surface area (Å²) in [5.41, 5.74) is 2.79. The summed E-state index contributed by atoms with van der Waals surface area (Å²) in [5, 5.41) is 6.65. The Hall–Kier alpha value is -2.67. The Morgan fingerprint density at radius 1 is 1.10 bits per heavy atom. The second-order valence-corrected chi connectivity index (χ2v) is 7.44. The van der Waals surface area contributed by atoms with Crippen molar-refractivity contribution in [2.24, 2.45) is 4.99 Å². The highest BCUT2D eigenvalue weighted by atomic mass is 19.1. The second kappa shape index (κ2) is 10.2. The zero-order valence-electron chi connectivity index (χ0n) is 17.6. The van der Waals surface area contributed by atoms with E-state index < -0.39 is 0 Å². The number of aliphatic imine (C=N–C) groups is 1. The van der Waals surface area contributed by atoms with Gasteiger partial charge in [-0.1, -0.05) is 12.1 Å². The molecule has 2 heterocycles. The summed E-state index contributed by atoms with van der Waals surface area (Å²) in [4.78, 5) is 13.8. The summed E-state index contributed by atoms with van der Waals surface area (Å²) in [6.07, 6.45) is 1.87. The van der Waals surface area contributed by atoms with Crippen molar-refractivity contribution in [3.05, 3.63) is 59.0 Å². The van der Waals surface area contributed by atoms with Crippen molar-refractivity contribution in [1.29, 1.82) is 0 Å². The molecule has 1 aromatic heterocycles. The number of hydrogen-bond acceptors (Lipinski definition) is 4. The highest BCUT2D eigenvalue weighted by Crippen LogP contribution is 2.15. The van der Waals surface area contributed by atoms with Gasteiger partial charge in [0.25, 0.3) is 0 Å². The van der Waals surface area contributed by atoms with E-state index in [4.69, 9.17) is 0 Å². The molecule has 0 unspecified atom stereocenters. The van der Waals surface area contributed by atoms with Gasteiger partial charge in [-0.25, -0.2) is 14.4 Å². The quantitative estimate of drug-likeness (QED) is 0.579. The number of piperazine rings is 1. The van der Waals surface area contributed by atoms with Crippen LogP contribution in [-0.2, 0) is 13.1 Å². The summed E-state index contributed by atoms with van der Waals surface area (Å²) >= 11 is 0. The monoisotopic (exact) mass is 398 g/mol. The third kappa shape index (κ3) is 6.15. The molecule has 29 heavy (non-hydrogen) atoms. The van der Waals surface area contributed by atoms with Crippen molar-refractivity contribution in [3.63, 3.8) is 0 Å². The smallest absolute Gasteiger partial charge is 0.191 e. The fraction of sp³-hybridized carbons (Fsp3) is 0.455. The fourth-order valence-corrected chi connectivity index (χ4v) is 3.28. The van der Waals surface area contributed by atoms with Crippen LogP contribution in [-0.4, -0.2) is 55.6 Å². The first kappa shape index (κ1) is 21.0. The van der Waals surface area contributed by atoms with Crippen LogP contribution in [0.2, 0.25) is 0 Å². The van der Waals surface area contributed by atoms with Crippen LogP contribution >= 0.6 is 0 Å². The number of aryl methyl sites for hydroxylation is 1. The minimum absolute atomic E-state index is 0.184. The Labute approximate surface area is 172 Å². The first-order chi connectivity index (χ1) is 14.0. The van der Waals surface area contributed by atoms with Crippen molar-refractivity contribution < 1.29 is 4.39 Å². The Kier molecular flexibility index (Phi) is 7.41. The highest BCUT2D eigenvalue weighted by Gasteiger charge is 2.15. The van der Waals surface area contributed by atoms with Gasteiger partial charge in [-0.2, -0.15) is 0 Å². The molecule has 1 saturated heterocycles. The number of benzene rings is 1. The molecule has 1 aliphatic heterocycles. The Balaban J connectivity index is 1.61. The number of nitrogens with one attached hydrogen (secondary N) is 2. The number of halogens is 1. The molecule has 2 aromatic rings. The SMILES string of the molecule is CCNC(=NCc1ccc(F)c(C)c1)NCc1ccnc(N2CCN(C)CC2)c1. The fourth-order valence-electron chi connectivity index (χ4n) is 3.28. The molecular formula is C22H31FN6. The number of nitrogens with zero attached hydrogens (tertiary/aromatic N) is 4. The second-order valence-electron chi connectivity index (χ2n) is 7.44. The number of pyridine rings is 1. The van der Waals surface area contributed by atoms with E-state index in [2.05, 4.69) is 43.5 Å². The summed E-state index contributed by atoms with van der Waals surface area (Å²) < 4.78 is 13.4. The molecule has 0 amide bonds. The molecule has 0 spiro atoms. The Morgan fingerprint density at radius 2 is 1.90 bits per heavy atom. The van der Waals surface area contributed by atoms with Crippen LogP contribution in [0.1, 0.15) is 23.6 Å². The largest absolute Gasteiger partial charge is 0.357 e. The van der Waals surface area contributed by atoms with Crippen LogP contribution in [0, 0.1) is 12.7 Å². The first-order valence-electron chi connectivity index (χ1n) is 10.2. The van der Waals surface area contributed by atoms with Crippen molar-refractivity contribution in [3.8, 4) is 0 Å². The van der Waals surface area contributed by atoms with Crippen molar-refractivity contribution in [1.82, 2.24) is 20.5 Å². The zero-order valence-corrected chi connectivity index (χ0v) is 17.6. The maximum atomic E-state index is 13.4. The van der Waals surface area contributed by atoms with E-state index >= 15 is 0 Å². The topological polar surface area (TPSA) is 55.8 Å². The van der Waals surface area contributed by atoms with Crippen LogP contribution < -0.4 is 15.5 Å². The molecule has 7 heteroatoms. The van der Waals surface area contributed by atoms with Crippen LogP contribution in [0.4, 0.5) is 10.2 Å². The zero-order chi connectivity index (χ0) is 20.6. The van der Waals surface area contributed by atoms with Gasteiger partial charge in [0.2, 0.25) is 0 Å². The molecular weight excluding hydrogens is 367 g/mol. The van der Waals surface area contributed by atoms with E-state index in [1.165, 1.54) is 6.07 Å². The molecule has 1 aromatic carbocycles. The lowest BCUT2D eigenvalue weighted by molar-refractivity contribution is 0.312. The number of guanidine groups is 1. The summed E-state index contributed by atoms with van der Waals surface area (Å²) in [7, 11) is 2.15. The molecule has 156 valence electrons. The van der Waals surface area contributed by atoms with Crippen LogP contribution in [0.15, 0.2) is 41.5 Å². The average molecular weight is 399 g/mol. The van der Waals surface area contributed by atoms with Gasteiger partial charge in [0, 0.05) is 45.5 Å². The van der Waals surface area contributed by atoms with E-state index in [1.54, 1.807) is 13.0 Å². The third-order valence-corrected chi connectivity index (χ3v) is 5.08. The van der Waals surface area contributed by atoms with Crippen molar-refractivity contribution in [2.75, 3.05) is 44.7 Å². The van der Waals surface area contributed by atoms with Gasteiger partial charge in [-0.3, -0.25) is 0 Å². The summed E-state index contributed by atoms with van der Waals surface area (Å²) in [6, 6.07) is 9.29. The van der Waals surface area contributed by atoms with E-state index in [1.807, 2.05) is 25.3 Å². The number of aromatic nitrogens is 1.